The van der Waals surface area contributed by atoms with Gasteiger partial charge in [0.2, 0.25) is 0 Å². The molecule has 0 bridgehead atoms. The van der Waals surface area contributed by atoms with E-state index in [1.54, 1.807) is 0 Å². The number of ether oxygens (including phenoxy) is 1. The number of nitrogens with zero attached hydrogens (tertiary/aromatic N) is 1. The molecule has 1 aromatic carbocycles. The first-order chi connectivity index (χ1) is 9.63. The third-order valence-electron chi connectivity index (χ3n) is 3.58. The van der Waals surface area contributed by atoms with Crippen molar-refractivity contribution in [2.24, 2.45) is 5.73 Å². The topological polar surface area (TPSA) is 48.1 Å². The largest absolute Gasteiger partial charge is 0.493 e. The van der Waals surface area contributed by atoms with E-state index in [0.717, 1.165) is 40.9 Å². The van der Waals surface area contributed by atoms with Gasteiger partial charge in [0.05, 0.1) is 18.3 Å². The Morgan fingerprint density at radius 2 is 2.25 bits per heavy atom. The molecular weight excluding hydrogens is 316 g/mol. The first-order valence-electron chi connectivity index (χ1n) is 6.76. The van der Waals surface area contributed by atoms with E-state index in [-0.39, 0.29) is 6.04 Å². The highest BCUT2D eigenvalue weighted by atomic mass is 79.9. The second-order valence-electron chi connectivity index (χ2n) is 5.22. The summed E-state index contributed by atoms with van der Waals surface area (Å²) in [7, 11) is 0. The fourth-order valence-corrected chi connectivity index (χ4v) is 3.15. The molecule has 2 aromatic rings. The summed E-state index contributed by atoms with van der Waals surface area (Å²) >= 11 is 3.56. The Balaban J connectivity index is 1.88. The minimum absolute atomic E-state index is 0.113. The summed E-state index contributed by atoms with van der Waals surface area (Å²) in [5.41, 5.74) is 10.8. The van der Waals surface area contributed by atoms with Gasteiger partial charge in [-0.15, -0.1) is 0 Å². The minimum Gasteiger partial charge on any atom is -0.493 e. The van der Waals surface area contributed by atoms with Crippen molar-refractivity contribution in [1.82, 2.24) is 4.98 Å². The molecule has 0 amide bonds. The van der Waals surface area contributed by atoms with Crippen molar-refractivity contribution in [3.8, 4) is 5.75 Å². The molecule has 0 fully saturated rings. The number of aryl methyl sites for hydroxylation is 1. The van der Waals surface area contributed by atoms with E-state index in [1.165, 1.54) is 11.1 Å². The third-order valence-corrected chi connectivity index (χ3v) is 4.04. The molecule has 104 valence electrons. The van der Waals surface area contributed by atoms with E-state index in [4.69, 9.17) is 10.5 Å². The third kappa shape index (κ3) is 2.72. The predicted molar refractivity (Wildman–Crippen MR) is 82.9 cm³/mol. The highest BCUT2D eigenvalue weighted by Gasteiger charge is 2.20. The van der Waals surface area contributed by atoms with Crippen molar-refractivity contribution < 1.29 is 4.74 Å². The molecule has 1 aromatic heterocycles. The van der Waals surface area contributed by atoms with Crippen LogP contribution in [0.1, 0.15) is 28.4 Å². The lowest BCUT2D eigenvalue weighted by molar-refractivity contribution is 0.352. The Bertz CT molecular complexity index is 642. The predicted octanol–water partition coefficient (Wildman–Crippen LogP) is 3.33. The van der Waals surface area contributed by atoms with Crippen molar-refractivity contribution in [1.29, 1.82) is 0 Å². The number of rotatable bonds is 3. The monoisotopic (exact) mass is 332 g/mol. The Hall–Kier alpha value is -1.39. The zero-order chi connectivity index (χ0) is 14.1. The number of nitrogens with two attached hydrogens (primary N) is 1. The zero-order valence-corrected chi connectivity index (χ0v) is 13.0. The Labute approximate surface area is 127 Å². The fourth-order valence-electron chi connectivity index (χ4n) is 2.60. The maximum atomic E-state index is 6.31. The maximum absolute atomic E-state index is 6.31. The highest BCUT2D eigenvalue weighted by Crippen LogP contribution is 2.34. The highest BCUT2D eigenvalue weighted by molar-refractivity contribution is 9.10. The van der Waals surface area contributed by atoms with E-state index in [2.05, 4.69) is 40.0 Å². The fraction of sp³-hybridized carbons (Fsp3) is 0.312. The van der Waals surface area contributed by atoms with Crippen molar-refractivity contribution in [3.63, 3.8) is 0 Å². The molecule has 0 spiro atoms. The minimum atomic E-state index is -0.113. The normalized spacial score (nSPS) is 14.8. The van der Waals surface area contributed by atoms with Crippen LogP contribution >= 0.6 is 15.9 Å². The van der Waals surface area contributed by atoms with Gasteiger partial charge in [-0.1, -0.05) is 15.9 Å². The molecule has 1 unspecified atom stereocenters. The molecule has 1 aliphatic heterocycles. The smallest absolute Gasteiger partial charge is 0.125 e. The lowest BCUT2D eigenvalue weighted by Crippen LogP contribution is -2.15. The molecule has 1 atom stereocenters. The van der Waals surface area contributed by atoms with E-state index in [9.17, 15) is 0 Å². The molecular formula is C16H17BrN2O. The van der Waals surface area contributed by atoms with Crippen LogP contribution in [0.25, 0.3) is 0 Å². The number of pyridine rings is 1. The van der Waals surface area contributed by atoms with E-state index >= 15 is 0 Å². The Morgan fingerprint density at radius 3 is 3.05 bits per heavy atom. The van der Waals surface area contributed by atoms with Crippen LogP contribution in [0.2, 0.25) is 0 Å². The van der Waals surface area contributed by atoms with Gasteiger partial charge in [-0.3, -0.25) is 4.98 Å². The SMILES string of the molecule is Cc1ccnc(C(N)Cc2cc(Br)cc3c2OCC3)c1. The summed E-state index contributed by atoms with van der Waals surface area (Å²) in [6, 6.07) is 8.14. The molecule has 3 nitrogen and oxygen atoms in total. The van der Waals surface area contributed by atoms with Crippen molar-refractivity contribution in [3.05, 3.63) is 57.3 Å². The average molecular weight is 333 g/mol. The standard InChI is InChI=1S/C16H17BrN2O/c1-10-2-4-19-15(6-10)14(18)9-12-8-13(17)7-11-3-5-20-16(11)12/h2,4,6-8,14H,3,5,9,18H2,1H3. The van der Waals surface area contributed by atoms with Crippen molar-refractivity contribution in [2.45, 2.75) is 25.8 Å². The van der Waals surface area contributed by atoms with Crippen LogP contribution in [0.3, 0.4) is 0 Å². The van der Waals surface area contributed by atoms with Crippen LogP contribution in [0.5, 0.6) is 5.75 Å². The van der Waals surface area contributed by atoms with E-state index in [1.807, 2.05) is 18.3 Å². The lowest BCUT2D eigenvalue weighted by Gasteiger charge is -2.14. The Kier molecular flexibility index (Phi) is 3.76. The first kappa shape index (κ1) is 13.6. The van der Waals surface area contributed by atoms with Gasteiger partial charge in [0.1, 0.15) is 5.75 Å². The summed E-state index contributed by atoms with van der Waals surface area (Å²) in [6.07, 6.45) is 3.52. The summed E-state index contributed by atoms with van der Waals surface area (Å²) in [6.45, 7) is 2.81. The van der Waals surface area contributed by atoms with Gasteiger partial charge in [0.25, 0.3) is 0 Å². The molecule has 4 heteroatoms. The van der Waals surface area contributed by atoms with Crippen LogP contribution in [0.4, 0.5) is 0 Å². The molecule has 2 N–H and O–H groups in total. The summed E-state index contributed by atoms with van der Waals surface area (Å²) < 4.78 is 6.83. The molecule has 3 rings (SSSR count). The molecule has 0 radical (unpaired) electrons. The van der Waals surface area contributed by atoms with Crippen LogP contribution in [-0.2, 0) is 12.8 Å². The molecule has 20 heavy (non-hydrogen) atoms. The van der Waals surface area contributed by atoms with Crippen LogP contribution < -0.4 is 10.5 Å². The second-order valence-corrected chi connectivity index (χ2v) is 6.14. The quantitative estimate of drug-likeness (QED) is 0.937. The van der Waals surface area contributed by atoms with E-state index in [0.29, 0.717) is 0 Å². The van der Waals surface area contributed by atoms with Crippen molar-refractivity contribution >= 4 is 15.9 Å². The number of fused-ring (bicyclic) bond motifs is 1. The van der Waals surface area contributed by atoms with Gasteiger partial charge in [-0.25, -0.2) is 0 Å². The number of hydrogen-bond acceptors (Lipinski definition) is 3. The van der Waals surface area contributed by atoms with Gasteiger partial charge < -0.3 is 10.5 Å². The van der Waals surface area contributed by atoms with Gasteiger partial charge >= 0.3 is 0 Å². The molecule has 0 aliphatic carbocycles. The lowest BCUT2D eigenvalue weighted by atomic mass is 9.99. The van der Waals surface area contributed by atoms with Crippen molar-refractivity contribution in [2.75, 3.05) is 6.61 Å². The summed E-state index contributed by atoms with van der Waals surface area (Å²) in [5.74, 6) is 1.01. The number of benzene rings is 1. The summed E-state index contributed by atoms with van der Waals surface area (Å²) in [5, 5.41) is 0. The summed E-state index contributed by atoms with van der Waals surface area (Å²) in [4.78, 5) is 4.37. The first-order valence-corrected chi connectivity index (χ1v) is 7.55. The molecule has 0 saturated carbocycles. The van der Waals surface area contributed by atoms with Gasteiger partial charge in [0.15, 0.2) is 0 Å². The van der Waals surface area contributed by atoms with Gasteiger partial charge in [0, 0.05) is 17.1 Å². The zero-order valence-electron chi connectivity index (χ0n) is 11.4. The average Bonchev–Trinajstić information content (AvgIpc) is 2.86. The number of halogens is 1. The maximum Gasteiger partial charge on any atom is 0.125 e. The molecule has 1 aliphatic rings. The second kappa shape index (κ2) is 5.54. The van der Waals surface area contributed by atoms with Crippen LogP contribution in [0, 0.1) is 6.92 Å². The number of hydrogen-bond donors (Lipinski definition) is 1. The Morgan fingerprint density at radius 1 is 1.40 bits per heavy atom. The van der Waals surface area contributed by atoms with E-state index < -0.39 is 0 Å². The van der Waals surface area contributed by atoms with Crippen LogP contribution in [-0.4, -0.2) is 11.6 Å². The van der Waals surface area contributed by atoms with Gasteiger partial charge in [-0.05, 0) is 54.3 Å². The van der Waals surface area contributed by atoms with Crippen LogP contribution in [0.15, 0.2) is 34.9 Å². The number of aromatic nitrogens is 1. The molecule has 2 heterocycles. The molecule has 0 saturated heterocycles. The van der Waals surface area contributed by atoms with Gasteiger partial charge in [-0.2, -0.15) is 0 Å².